The molecule has 2 aromatic heterocycles. The fourth-order valence-corrected chi connectivity index (χ4v) is 2.85. The molecule has 1 aliphatic carbocycles. The number of anilines is 1. The molecule has 128 valence electrons. The molecule has 0 bridgehead atoms. The van der Waals surface area contributed by atoms with Crippen LogP contribution in [0.15, 0.2) is 43.0 Å². The fourth-order valence-electron chi connectivity index (χ4n) is 2.85. The number of hydrogen-bond acceptors (Lipinski definition) is 5. The molecular formula is C18H17F2N5. The van der Waals surface area contributed by atoms with E-state index in [1.165, 1.54) is 6.33 Å². The van der Waals surface area contributed by atoms with Crippen molar-refractivity contribution in [1.29, 1.82) is 0 Å². The highest BCUT2D eigenvalue weighted by Crippen LogP contribution is 2.32. The highest BCUT2D eigenvalue weighted by Gasteiger charge is 2.22. The van der Waals surface area contributed by atoms with Gasteiger partial charge >= 0.3 is 0 Å². The van der Waals surface area contributed by atoms with E-state index in [9.17, 15) is 8.78 Å². The van der Waals surface area contributed by atoms with E-state index in [1.807, 2.05) is 18.2 Å². The summed E-state index contributed by atoms with van der Waals surface area (Å²) in [6.45, 7) is 0.368. The second-order valence-electron chi connectivity index (χ2n) is 6.10. The summed E-state index contributed by atoms with van der Waals surface area (Å²) in [5.41, 5.74) is 4.70. The molecule has 5 nitrogen and oxygen atoms in total. The van der Waals surface area contributed by atoms with Crippen molar-refractivity contribution in [2.24, 2.45) is 0 Å². The zero-order valence-electron chi connectivity index (χ0n) is 13.5. The molecule has 7 heteroatoms. The highest BCUT2D eigenvalue weighted by molar-refractivity contribution is 5.89. The van der Waals surface area contributed by atoms with Crippen LogP contribution >= 0.6 is 0 Å². The number of nitrogens with one attached hydrogen (secondary N) is 1. The van der Waals surface area contributed by atoms with E-state index in [1.54, 1.807) is 12.4 Å². The third-order valence-corrected chi connectivity index (χ3v) is 4.03. The van der Waals surface area contributed by atoms with Crippen LogP contribution in [0.4, 0.5) is 14.7 Å². The number of halogens is 2. The van der Waals surface area contributed by atoms with Crippen LogP contribution in [-0.2, 0) is 6.42 Å². The molecule has 25 heavy (non-hydrogen) atoms. The third-order valence-electron chi connectivity index (χ3n) is 4.03. The largest absolute Gasteiger partial charge is 0.348 e. The molecular weight excluding hydrogens is 324 g/mol. The first-order chi connectivity index (χ1) is 12.0. The number of allylic oxidation sites excluding steroid dienone is 1. The molecule has 0 saturated carbocycles. The van der Waals surface area contributed by atoms with Crippen molar-refractivity contribution in [3.8, 4) is 0 Å². The lowest BCUT2D eigenvalue weighted by molar-refractivity contribution is 0.0366. The Morgan fingerprint density at radius 2 is 2.12 bits per heavy atom. The molecule has 4 rings (SSSR count). The van der Waals surface area contributed by atoms with Gasteiger partial charge in [-0.05, 0) is 23.3 Å². The van der Waals surface area contributed by atoms with Crippen LogP contribution in [0.1, 0.15) is 25.2 Å². The standard InChI is InChI=1S/C18H15F2N5.H2/c1-18(19,20)9-23-17-22-8-14-13(3-5-16(14)25-17)11-2-4-15-12(6-11)7-21-10-24-15;/h2-4,6-8,10H,5,9H2,1H3,(H,22,23,25);1H. The Labute approximate surface area is 144 Å². The molecule has 0 fully saturated rings. The van der Waals surface area contributed by atoms with Crippen LogP contribution in [0.25, 0.3) is 16.5 Å². The minimum Gasteiger partial charge on any atom is -0.348 e. The summed E-state index contributed by atoms with van der Waals surface area (Å²) in [5, 5.41) is 3.54. The Balaban J connectivity index is 0.00000196. The Kier molecular flexibility index (Phi) is 3.63. The smallest absolute Gasteiger partial charge is 0.262 e. The first-order valence-electron chi connectivity index (χ1n) is 7.88. The Bertz CT molecular complexity index is 985. The SMILES string of the molecule is CC(F)(F)CNc1ncc2c(n1)CC=C2c1ccc2ncncc2c1.[HH]. The number of fused-ring (bicyclic) bond motifs is 2. The van der Waals surface area contributed by atoms with Crippen molar-refractivity contribution in [1.82, 2.24) is 19.9 Å². The van der Waals surface area contributed by atoms with E-state index >= 15 is 0 Å². The van der Waals surface area contributed by atoms with Gasteiger partial charge < -0.3 is 5.32 Å². The van der Waals surface area contributed by atoms with Crippen LogP contribution in [0.5, 0.6) is 0 Å². The predicted molar refractivity (Wildman–Crippen MR) is 93.6 cm³/mol. The summed E-state index contributed by atoms with van der Waals surface area (Å²) in [6.07, 6.45) is 7.70. The van der Waals surface area contributed by atoms with E-state index in [2.05, 4.69) is 31.3 Å². The molecule has 0 saturated heterocycles. The molecule has 1 aliphatic rings. The molecule has 2 heterocycles. The zero-order chi connectivity index (χ0) is 17.4. The lowest BCUT2D eigenvalue weighted by atomic mass is 10.0. The maximum Gasteiger partial charge on any atom is 0.262 e. The minimum absolute atomic E-state index is 0. The van der Waals surface area contributed by atoms with Gasteiger partial charge in [-0.3, -0.25) is 0 Å². The van der Waals surface area contributed by atoms with Crippen molar-refractivity contribution in [2.75, 3.05) is 11.9 Å². The van der Waals surface area contributed by atoms with Crippen molar-refractivity contribution >= 4 is 22.4 Å². The number of hydrogen-bond donors (Lipinski definition) is 1. The van der Waals surface area contributed by atoms with Gasteiger partial charge in [0.25, 0.3) is 5.92 Å². The number of alkyl halides is 2. The molecule has 1 aromatic carbocycles. The molecule has 0 atom stereocenters. The minimum atomic E-state index is -2.81. The van der Waals surface area contributed by atoms with Crippen LogP contribution < -0.4 is 5.32 Å². The lowest BCUT2D eigenvalue weighted by Crippen LogP contribution is -2.24. The zero-order valence-corrected chi connectivity index (χ0v) is 13.5. The van der Waals surface area contributed by atoms with Gasteiger partial charge in [0.15, 0.2) is 0 Å². The number of benzene rings is 1. The summed E-state index contributed by atoms with van der Waals surface area (Å²) in [4.78, 5) is 16.8. The van der Waals surface area contributed by atoms with Gasteiger partial charge in [0.05, 0.1) is 17.8 Å². The second kappa shape index (κ2) is 5.84. The van der Waals surface area contributed by atoms with Crippen LogP contribution in [0.3, 0.4) is 0 Å². The van der Waals surface area contributed by atoms with Gasteiger partial charge in [-0.25, -0.2) is 28.7 Å². The van der Waals surface area contributed by atoms with Crippen LogP contribution in [0, 0.1) is 0 Å². The molecule has 0 amide bonds. The average Bonchev–Trinajstić information content (AvgIpc) is 3.02. The van der Waals surface area contributed by atoms with E-state index < -0.39 is 12.5 Å². The van der Waals surface area contributed by atoms with Crippen molar-refractivity contribution in [2.45, 2.75) is 19.3 Å². The van der Waals surface area contributed by atoms with E-state index in [0.717, 1.165) is 40.2 Å². The van der Waals surface area contributed by atoms with Crippen LogP contribution in [0.2, 0.25) is 0 Å². The van der Waals surface area contributed by atoms with Crippen molar-refractivity contribution in [3.63, 3.8) is 0 Å². The van der Waals surface area contributed by atoms with Gasteiger partial charge in [0, 0.05) is 38.1 Å². The Morgan fingerprint density at radius 3 is 2.96 bits per heavy atom. The summed E-state index contributed by atoms with van der Waals surface area (Å²) in [7, 11) is 0. The fraction of sp³-hybridized carbons (Fsp3) is 0.222. The molecule has 0 unspecified atom stereocenters. The summed E-state index contributed by atoms with van der Waals surface area (Å²) >= 11 is 0. The average molecular weight is 341 g/mol. The summed E-state index contributed by atoms with van der Waals surface area (Å²) < 4.78 is 25.9. The summed E-state index contributed by atoms with van der Waals surface area (Å²) in [6, 6.07) is 5.98. The van der Waals surface area contributed by atoms with E-state index in [0.29, 0.717) is 6.42 Å². The topological polar surface area (TPSA) is 63.6 Å². The maximum absolute atomic E-state index is 13.0. The van der Waals surface area contributed by atoms with E-state index in [-0.39, 0.29) is 7.37 Å². The summed E-state index contributed by atoms with van der Waals surface area (Å²) in [5.74, 6) is -2.58. The Morgan fingerprint density at radius 1 is 1.24 bits per heavy atom. The normalized spacial score (nSPS) is 13.6. The van der Waals surface area contributed by atoms with Gasteiger partial charge in [0.1, 0.15) is 6.33 Å². The number of rotatable bonds is 4. The number of nitrogens with zero attached hydrogens (tertiary/aromatic N) is 4. The van der Waals surface area contributed by atoms with Crippen LogP contribution in [-0.4, -0.2) is 32.4 Å². The molecule has 0 spiro atoms. The van der Waals surface area contributed by atoms with Gasteiger partial charge in [0.2, 0.25) is 5.95 Å². The third kappa shape index (κ3) is 3.17. The van der Waals surface area contributed by atoms with Gasteiger partial charge in [-0.2, -0.15) is 0 Å². The number of aromatic nitrogens is 4. The molecule has 1 N–H and O–H groups in total. The first kappa shape index (κ1) is 15.6. The monoisotopic (exact) mass is 341 g/mol. The van der Waals surface area contributed by atoms with Crippen molar-refractivity contribution in [3.05, 3.63) is 59.8 Å². The highest BCUT2D eigenvalue weighted by atomic mass is 19.3. The van der Waals surface area contributed by atoms with Crippen molar-refractivity contribution < 1.29 is 10.2 Å². The van der Waals surface area contributed by atoms with E-state index in [4.69, 9.17) is 0 Å². The van der Waals surface area contributed by atoms with Gasteiger partial charge in [-0.15, -0.1) is 0 Å². The maximum atomic E-state index is 13.0. The van der Waals surface area contributed by atoms with Gasteiger partial charge in [-0.1, -0.05) is 12.1 Å². The molecule has 0 aliphatic heterocycles. The second-order valence-corrected chi connectivity index (χ2v) is 6.10. The first-order valence-corrected chi connectivity index (χ1v) is 7.88. The quantitative estimate of drug-likeness (QED) is 0.783. The predicted octanol–water partition coefficient (Wildman–Crippen LogP) is 3.72. The molecule has 3 aromatic rings. The molecule has 0 radical (unpaired) electrons. The lowest BCUT2D eigenvalue weighted by Gasteiger charge is -2.12. The Hall–Kier alpha value is -2.96.